The van der Waals surface area contributed by atoms with E-state index in [4.69, 9.17) is 10.5 Å². The van der Waals surface area contributed by atoms with Crippen molar-refractivity contribution < 1.29 is 14.3 Å². The summed E-state index contributed by atoms with van der Waals surface area (Å²) in [5, 5.41) is 12.9. The predicted molar refractivity (Wildman–Crippen MR) is 63.2 cm³/mol. The lowest BCUT2D eigenvalue weighted by atomic mass is 10.1. The van der Waals surface area contributed by atoms with Crippen LogP contribution in [0.25, 0.3) is 0 Å². The van der Waals surface area contributed by atoms with Gasteiger partial charge >= 0.3 is 0 Å². The van der Waals surface area contributed by atoms with Crippen molar-refractivity contribution in [3.05, 3.63) is 35.7 Å². The smallest absolute Gasteiger partial charge is 0.269 e. The van der Waals surface area contributed by atoms with Crippen LogP contribution in [0.1, 0.15) is 23.1 Å². The van der Waals surface area contributed by atoms with E-state index >= 15 is 0 Å². The summed E-state index contributed by atoms with van der Waals surface area (Å²) in [6, 6.07) is 6.22. The lowest BCUT2D eigenvalue weighted by molar-refractivity contribution is -0.133. The molecule has 8 nitrogen and oxygen atoms in total. The first-order chi connectivity index (χ1) is 9.06. The first-order valence-electron chi connectivity index (χ1n) is 5.34. The summed E-state index contributed by atoms with van der Waals surface area (Å²) in [7, 11) is 0. The summed E-state index contributed by atoms with van der Waals surface area (Å²) < 4.78 is 5.54. The molecule has 2 aromatic rings. The number of aromatic amines is 1. The number of rotatable bonds is 5. The molecule has 8 heteroatoms. The van der Waals surface area contributed by atoms with Gasteiger partial charge in [0.05, 0.1) is 0 Å². The number of ether oxygens (including phenoxy) is 1. The monoisotopic (exact) mass is 261 g/mol. The fourth-order valence-electron chi connectivity index (χ4n) is 1.43. The quantitative estimate of drug-likeness (QED) is 0.718. The summed E-state index contributed by atoms with van der Waals surface area (Å²) in [6.07, 6.45) is 0.706. The zero-order chi connectivity index (χ0) is 13.9. The van der Waals surface area contributed by atoms with Gasteiger partial charge < -0.3 is 10.5 Å². The van der Waals surface area contributed by atoms with Crippen LogP contribution in [-0.2, 0) is 10.4 Å². The molecule has 98 valence electrons. The number of aromatic nitrogens is 4. The molecule has 0 aliphatic carbocycles. The van der Waals surface area contributed by atoms with E-state index < -0.39 is 11.5 Å². The van der Waals surface area contributed by atoms with Gasteiger partial charge in [0.15, 0.2) is 0 Å². The van der Waals surface area contributed by atoms with Gasteiger partial charge in [0, 0.05) is 5.56 Å². The highest BCUT2D eigenvalue weighted by atomic mass is 16.5. The van der Waals surface area contributed by atoms with Crippen LogP contribution >= 0.6 is 0 Å². The molecule has 1 amide bonds. The standard InChI is InChI=1S/C11H11N5O3/c1-11(9(12)18,10-13-15-16-14-10)19-8-4-2-7(6-17)3-5-8/h2-6H,1H3,(H2,12,18)(H,13,14,15,16). The maximum Gasteiger partial charge on any atom is 0.269 e. The van der Waals surface area contributed by atoms with Gasteiger partial charge in [-0.25, -0.2) is 5.10 Å². The number of nitrogens with one attached hydrogen (secondary N) is 1. The molecule has 1 aromatic carbocycles. The Bertz CT molecular complexity index is 581. The summed E-state index contributed by atoms with van der Waals surface area (Å²) in [5.74, 6) is -0.284. The zero-order valence-electron chi connectivity index (χ0n) is 10.0. The van der Waals surface area contributed by atoms with E-state index in [1.807, 2.05) is 0 Å². The Balaban J connectivity index is 2.31. The molecule has 1 heterocycles. The van der Waals surface area contributed by atoms with E-state index in [1.165, 1.54) is 6.92 Å². The Morgan fingerprint density at radius 2 is 2.11 bits per heavy atom. The van der Waals surface area contributed by atoms with Crippen LogP contribution in [0.4, 0.5) is 0 Å². The maximum absolute atomic E-state index is 11.6. The second-order valence-electron chi connectivity index (χ2n) is 3.94. The largest absolute Gasteiger partial charge is 0.470 e. The second-order valence-corrected chi connectivity index (χ2v) is 3.94. The van der Waals surface area contributed by atoms with Gasteiger partial charge in [-0.1, -0.05) is 0 Å². The normalized spacial score (nSPS) is 13.5. The van der Waals surface area contributed by atoms with Gasteiger partial charge in [-0.05, 0) is 41.6 Å². The number of hydrogen-bond donors (Lipinski definition) is 2. The lowest BCUT2D eigenvalue weighted by Crippen LogP contribution is -2.44. The van der Waals surface area contributed by atoms with Crippen LogP contribution in [0.15, 0.2) is 24.3 Å². The minimum absolute atomic E-state index is 0.0967. The van der Waals surface area contributed by atoms with Crippen LogP contribution < -0.4 is 10.5 Å². The molecule has 1 atom stereocenters. The third kappa shape index (κ3) is 2.41. The Morgan fingerprint density at radius 1 is 1.42 bits per heavy atom. The Morgan fingerprint density at radius 3 is 2.58 bits per heavy atom. The molecule has 0 aliphatic rings. The molecule has 0 aliphatic heterocycles. The summed E-state index contributed by atoms with van der Waals surface area (Å²) in [6.45, 7) is 1.45. The average molecular weight is 261 g/mol. The predicted octanol–water partition coefficient (Wildman–Crippen LogP) is -0.208. The van der Waals surface area contributed by atoms with Crippen LogP contribution in [0.2, 0.25) is 0 Å². The van der Waals surface area contributed by atoms with E-state index in [1.54, 1.807) is 24.3 Å². The Hall–Kier alpha value is -2.77. The fraction of sp³-hybridized carbons (Fsp3) is 0.182. The Kier molecular flexibility index (Phi) is 3.23. The Labute approximate surface area is 107 Å². The first kappa shape index (κ1) is 12.7. The average Bonchev–Trinajstić information content (AvgIpc) is 2.93. The van der Waals surface area contributed by atoms with E-state index in [-0.39, 0.29) is 5.82 Å². The molecule has 0 fully saturated rings. The van der Waals surface area contributed by atoms with E-state index in [0.717, 1.165) is 0 Å². The van der Waals surface area contributed by atoms with Gasteiger partial charge in [-0.3, -0.25) is 9.59 Å². The number of aldehydes is 1. The van der Waals surface area contributed by atoms with Gasteiger partial charge in [-0.2, -0.15) is 0 Å². The first-order valence-corrected chi connectivity index (χ1v) is 5.34. The zero-order valence-corrected chi connectivity index (χ0v) is 10.0. The highest BCUT2D eigenvalue weighted by Crippen LogP contribution is 2.25. The van der Waals surface area contributed by atoms with Crippen molar-refractivity contribution >= 4 is 12.2 Å². The van der Waals surface area contributed by atoms with Crippen molar-refractivity contribution in [3.63, 3.8) is 0 Å². The molecule has 1 aromatic heterocycles. The van der Waals surface area contributed by atoms with Crippen molar-refractivity contribution in [2.24, 2.45) is 5.73 Å². The fourth-order valence-corrected chi connectivity index (χ4v) is 1.43. The van der Waals surface area contributed by atoms with E-state index in [2.05, 4.69) is 20.6 Å². The van der Waals surface area contributed by atoms with Crippen LogP contribution in [0, 0.1) is 0 Å². The third-order valence-corrected chi connectivity index (χ3v) is 2.61. The van der Waals surface area contributed by atoms with Crippen molar-refractivity contribution in [2.45, 2.75) is 12.5 Å². The molecule has 1 unspecified atom stereocenters. The summed E-state index contributed by atoms with van der Waals surface area (Å²) >= 11 is 0. The molecule has 0 saturated carbocycles. The van der Waals surface area contributed by atoms with Crippen LogP contribution in [0.3, 0.4) is 0 Å². The van der Waals surface area contributed by atoms with Crippen molar-refractivity contribution in [1.82, 2.24) is 20.6 Å². The van der Waals surface area contributed by atoms with E-state index in [0.29, 0.717) is 17.6 Å². The number of carbonyl (C=O) groups excluding carboxylic acids is 2. The number of benzene rings is 1. The second kappa shape index (κ2) is 4.84. The molecule has 0 spiro atoms. The van der Waals surface area contributed by atoms with Crippen molar-refractivity contribution in [1.29, 1.82) is 0 Å². The molecular formula is C11H11N5O3. The number of carbonyl (C=O) groups is 2. The van der Waals surface area contributed by atoms with Gasteiger partial charge in [0.2, 0.25) is 11.4 Å². The minimum Gasteiger partial charge on any atom is -0.470 e. The number of amides is 1. The third-order valence-electron chi connectivity index (χ3n) is 2.61. The number of primary amides is 1. The van der Waals surface area contributed by atoms with Crippen molar-refractivity contribution in [3.8, 4) is 5.75 Å². The molecule has 19 heavy (non-hydrogen) atoms. The summed E-state index contributed by atoms with van der Waals surface area (Å²) in [4.78, 5) is 22.1. The highest BCUT2D eigenvalue weighted by Gasteiger charge is 2.39. The number of nitrogens with zero attached hydrogens (tertiary/aromatic N) is 3. The van der Waals surface area contributed by atoms with Crippen molar-refractivity contribution in [2.75, 3.05) is 0 Å². The number of hydrogen-bond acceptors (Lipinski definition) is 6. The molecule has 3 N–H and O–H groups in total. The SMILES string of the molecule is CC(Oc1ccc(C=O)cc1)(C(N)=O)c1nnn[nH]1. The lowest BCUT2D eigenvalue weighted by Gasteiger charge is -2.24. The van der Waals surface area contributed by atoms with Gasteiger partial charge in [0.1, 0.15) is 12.0 Å². The number of nitrogens with two attached hydrogens (primary N) is 1. The molecule has 0 saturated heterocycles. The van der Waals surface area contributed by atoms with Crippen LogP contribution in [-0.4, -0.2) is 32.8 Å². The molecule has 0 bridgehead atoms. The van der Waals surface area contributed by atoms with Gasteiger partial charge in [-0.15, -0.1) is 5.10 Å². The minimum atomic E-state index is -1.52. The van der Waals surface area contributed by atoms with Gasteiger partial charge in [0.25, 0.3) is 5.91 Å². The maximum atomic E-state index is 11.6. The topological polar surface area (TPSA) is 124 Å². The van der Waals surface area contributed by atoms with E-state index in [9.17, 15) is 9.59 Å². The number of H-pyrrole nitrogens is 1. The highest BCUT2D eigenvalue weighted by molar-refractivity contribution is 5.84. The number of tetrazole rings is 1. The molecule has 2 rings (SSSR count). The van der Waals surface area contributed by atoms with Crippen LogP contribution in [0.5, 0.6) is 5.75 Å². The summed E-state index contributed by atoms with van der Waals surface area (Å²) in [5.41, 5.74) is 4.30. The molecule has 0 radical (unpaired) electrons. The molecular weight excluding hydrogens is 250 g/mol.